The van der Waals surface area contributed by atoms with Crippen molar-refractivity contribution < 1.29 is 9.53 Å². The number of hydrogen-bond donors (Lipinski definition) is 1. The molecule has 7 heteroatoms. The molecule has 2 aromatic rings. The second kappa shape index (κ2) is 6.20. The Labute approximate surface area is 134 Å². The number of amides is 1. The number of aromatic nitrogens is 3. The molecular formula is C16H19N5O2. The van der Waals surface area contributed by atoms with Crippen molar-refractivity contribution in [1.29, 1.82) is 0 Å². The molecule has 0 unspecified atom stereocenters. The summed E-state index contributed by atoms with van der Waals surface area (Å²) in [6, 6.07) is 3.70. The van der Waals surface area contributed by atoms with Gasteiger partial charge in [-0.1, -0.05) is 0 Å². The van der Waals surface area contributed by atoms with Crippen molar-refractivity contribution in [2.45, 2.75) is 19.9 Å². The van der Waals surface area contributed by atoms with Crippen LogP contribution >= 0.6 is 0 Å². The largest absolute Gasteiger partial charge is 0.497 e. The van der Waals surface area contributed by atoms with E-state index in [-0.39, 0.29) is 5.91 Å². The van der Waals surface area contributed by atoms with Gasteiger partial charge in [0.05, 0.1) is 19.3 Å². The zero-order valence-corrected chi connectivity index (χ0v) is 13.5. The van der Waals surface area contributed by atoms with Gasteiger partial charge in [0.15, 0.2) is 0 Å². The molecule has 120 valence electrons. The van der Waals surface area contributed by atoms with Crippen LogP contribution in [0.15, 0.2) is 18.3 Å². The number of rotatable bonds is 4. The summed E-state index contributed by atoms with van der Waals surface area (Å²) >= 11 is 0. The zero-order valence-electron chi connectivity index (χ0n) is 13.5. The third kappa shape index (κ3) is 3.08. The van der Waals surface area contributed by atoms with Crippen LogP contribution in [0.1, 0.15) is 27.6 Å². The third-order valence-corrected chi connectivity index (χ3v) is 3.76. The van der Waals surface area contributed by atoms with Gasteiger partial charge in [-0.3, -0.25) is 9.78 Å². The van der Waals surface area contributed by atoms with E-state index in [4.69, 9.17) is 4.74 Å². The highest BCUT2D eigenvalue weighted by Crippen LogP contribution is 2.24. The van der Waals surface area contributed by atoms with Crippen LogP contribution in [0.3, 0.4) is 0 Å². The first-order chi connectivity index (χ1) is 11.1. The minimum absolute atomic E-state index is 0.133. The smallest absolute Gasteiger partial charge is 0.270 e. The van der Waals surface area contributed by atoms with Gasteiger partial charge >= 0.3 is 0 Å². The highest BCUT2D eigenvalue weighted by Gasteiger charge is 2.24. The highest BCUT2D eigenvalue weighted by atomic mass is 16.5. The van der Waals surface area contributed by atoms with Gasteiger partial charge in [0, 0.05) is 31.4 Å². The van der Waals surface area contributed by atoms with Gasteiger partial charge in [-0.15, -0.1) is 0 Å². The molecule has 0 saturated carbocycles. The zero-order chi connectivity index (χ0) is 16.4. The number of anilines is 1. The first-order valence-corrected chi connectivity index (χ1v) is 7.44. The molecule has 2 aromatic heterocycles. The molecule has 0 saturated heterocycles. The number of hydrogen-bond acceptors (Lipinski definition) is 6. The quantitative estimate of drug-likeness (QED) is 0.911. The summed E-state index contributed by atoms with van der Waals surface area (Å²) < 4.78 is 5.23. The topological polar surface area (TPSA) is 80.2 Å². The molecule has 0 bridgehead atoms. The molecule has 23 heavy (non-hydrogen) atoms. The number of ether oxygens (including phenoxy) is 1. The van der Waals surface area contributed by atoms with Gasteiger partial charge in [-0.2, -0.15) is 0 Å². The van der Waals surface area contributed by atoms with Crippen LogP contribution < -0.4 is 15.0 Å². The summed E-state index contributed by atoms with van der Waals surface area (Å²) in [6.45, 7) is 2.97. The van der Waals surface area contributed by atoms with Gasteiger partial charge in [0.2, 0.25) is 0 Å². The van der Waals surface area contributed by atoms with Crippen molar-refractivity contribution >= 4 is 11.7 Å². The lowest BCUT2D eigenvalue weighted by atomic mass is 10.1. The number of pyridine rings is 1. The maximum atomic E-state index is 12.0. The molecule has 0 aliphatic carbocycles. The molecule has 1 amide bonds. The number of nitrogens with zero attached hydrogens (tertiary/aromatic N) is 4. The lowest BCUT2D eigenvalue weighted by Crippen LogP contribution is -2.35. The Hall–Kier alpha value is -2.70. The summed E-state index contributed by atoms with van der Waals surface area (Å²) in [5.74, 6) is 2.00. The molecule has 3 rings (SSSR count). The Morgan fingerprint density at radius 3 is 3.00 bits per heavy atom. The number of aryl methyl sites for hydroxylation is 1. The van der Waals surface area contributed by atoms with Crippen LogP contribution in [0, 0.1) is 6.92 Å². The van der Waals surface area contributed by atoms with Gasteiger partial charge < -0.3 is 15.0 Å². The number of methoxy groups -OCH3 is 1. The lowest BCUT2D eigenvalue weighted by Gasteiger charge is -2.25. The molecule has 0 radical (unpaired) electrons. The van der Waals surface area contributed by atoms with E-state index in [1.165, 1.54) is 0 Å². The molecule has 1 aliphatic heterocycles. The summed E-state index contributed by atoms with van der Waals surface area (Å²) in [4.78, 5) is 27.2. The molecular weight excluding hydrogens is 294 g/mol. The molecule has 1 aliphatic rings. The third-order valence-electron chi connectivity index (χ3n) is 3.76. The van der Waals surface area contributed by atoms with Crippen molar-refractivity contribution in [2.24, 2.45) is 0 Å². The van der Waals surface area contributed by atoms with Crippen molar-refractivity contribution in [3.05, 3.63) is 41.1 Å². The van der Waals surface area contributed by atoms with E-state index in [1.807, 2.05) is 24.1 Å². The summed E-state index contributed by atoms with van der Waals surface area (Å²) in [5.41, 5.74) is 2.24. The normalized spacial score (nSPS) is 13.3. The van der Waals surface area contributed by atoms with Crippen LogP contribution in [-0.2, 0) is 13.0 Å². The number of fused-ring (bicyclic) bond motifs is 1. The SMILES string of the molecule is COc1ccnc(CN(C)c2nc(C)nc3c2CCNC3=O)c1. The molecule has 0 aromatic carbocycles. The maximum Gasteiger partial charge on any atom is 0.270 e. The van der Waals surface area contributed by atoms with Crippen molar-refractivity contribution in [3.63, 3.8) is 0 Å². The van der Waals surface area contributed by atoms with Crippen LogP contribution in [0.2, 0.25) is 0 Å². The first-order valence-electron chi connectivity index (χ1n) is 7.44. The van der Waals surface area contributed by atoms with E-state index in [0.29, 0.717) is 24.6 Å². The maximum absolute atomic E-state index is 12.0. The second-order valence-electron chi connectivity index (χ2n) is 5.47. The molecule has 1 N–H and O–H groups in total. The minimum atomic E-state index is -0.133. The fourth-order valence-corrected chi connectivity index (χ4v) is 2.69. The van der Waals surface area contributed by atoms with Crippen LogP contribution in [0.25, 0.3) is 0 Å². The summed E-state index contributed by atoms with van der Waals surface area (Å²) in [6.07, 6.45) is 2.45. The standard InChI is InChI=1S/C16H19N5O2/c1-10-19-14-13(5-7-18-16(14)22)15(20-10)21(2)9-11-8-12(23-3)4-6-17-11/h4,6,8H,5,7,9H2,1-3H3,(H,18,22). The minimum Gasteiger partial charge on any atom is -0.497 e. The van der Waals surface area contributed by atoms with Crippen LogP contribution in [-0.4, -0.2) is 41.6 Å². The predicted molar refractivity (Wildman–Crippen MR) is 85.7 cm³/mol. The van der Waals surface area contributed by atoms with E-state index in [9.17, 15) is 4.79 Å². The Bertz CT molecular complexity index is 747. The monoisotopic (exact) mass is 313 g/mol. The average Bonchev–Trinajstić information content (AvgIpc) is 2.55. The Morgan fingerprint density at radius 2 is 2.22 bits per heavy atom. The Kier molecular flexibility index (Phi) is 4.10. The lowest BCUT2D eigenvalue weighted by molar-refractivity contribution is 0.0940. The molecule has 0 atom stereocenters. The van der Waals surface area contributed by atoms with Crippen LogP contribution in [0.4, 0.5) is 5.82 Å². The molecule has 3 heterocycles. The number of carbonyl (C=O) groups excluding carboxylic acids is 1. The predicted octanol–water partition coefficient (Wildman–Crippen LogP) is 1.11. The fraction of sp³-hybridized carbons (Fsp3) is 0.375. The Morgan fingerprint density at radius 1 is 1.39 bits per heavy atom. The van der Waals surface area contributed by atoms with Crippen molar-refractivity contribution in [1.82, 2.24) is 20.3 Å². The summed E-state index contributed by atoms with van der Waals surface area (Å²) in [5, 5.41) is 2.82. The van der Waals surface area contributed by atoms with Crippen molar-refractivity contribution in [3.8, 4) is 5.75 Å². The van der Waals surface area contributed by atoms with E-state index in [1.54, 1.807) is 20.2 Å². The van der Waals surface area contributed by atoms with Gasteiger partial charge in [0.1, 0.15) is 23.1 Å². The second-order valence-corrected chi connectivity index (χ2v) is 5.47. The van der Waals surface area contributed by atoms with Crippen LogP contribution in [0.5, 0.6) is 5.75 Å². The van der Waals surface area contributed by atoms with E-state index in [2.05, 4.69) is 20.3 Å². The number of carbonyl (C=O) groups is 1. The fourth-order valence-electron chi connectivity index (χ4n) is 2.69. The molecule has 0 fully saturated rings. The van der Waals surface area contributed by atoms with Crippen molar-refractivity contribution in [2.75, 3.05) is 25.6 Å². The molecule has 0 spiro atoms. The van der Waals surface area contributed by atoms with E-state index >= 15 is 0 Å². The highest BCUT2D eigenvalue weighted by molar-refractivity contribution is 5.96. The number of nitrogens with one attached hydrogen (secondary N) is 1. The van der Waals surface area contributed by atoms with Gasteiger partial charge in [0.25, 0.3) is 5.91 Å². The molecule has 7 nitrogen and oxygen atoms in total. The average molecular weight is 313 g/mol. The Balaban J connectivity index is 1.93. The first kappa shape index (κ1) is 15.2. The van der Waals surface area contributed by atoms with Gasteiger partial charge in [-0.25, -0.2) is 9.97 Å². The van der Waals surface area contributed by atoms with E-state index in [0.717, 1.165) is 29.2 Å². The van der Waals surface area contributed by atoms with E-state index < -0.39 is 0 Å². The summed E-state index contributed by atoms with van der Waals surface area (Å²) in [7, 11) is 3.57. The van der Waals surface area contributed by atoms with Gasteiger partial charge in [-0.05, 0) is 19.4 Å².